The molecule has 386 valence electrons. The minimum Gasteiger partial charge on any atom is -0.394 e. The third-order valence-corrected chi connectivity index (χ3v) is 13.7. The summed E-state index contributed by atoms with van der Waals surface area (Å²) in [6.07, 6.45) is 8.94. The van der Waals surface area contributed by atoms with Gasteiger partial charge < -0.3 is 70.8 Å². The van der Waals surface area contributed by atoms with Crippen LogP contribution in [0.4, 0.5) is 0 Å². The van der Waals surface area contributed by atoms with Gasteiger partial charge in [-0.2, -0.15) is 0 Å². The molecule has 0 aliphatic carbocycles. The van der Waals surface area contributed by atoms with Crippen molar-refractivity contribution in [3.8, 4) is 0 Å². The molecule has 0 unspecified atom stereocenters. The number of ether oxygens (including phenoxy) is 2. The maximum absolute atomic E-state index is 11.1. The van der Waals surface area contributed by atoms with Gasteiger partial charge in [-0.15, -0.1) is 0 Å². The van der Waals surface area contributed by atoms with Crippen LogP contribution in [0.25, 0.3) is 0 Å². The van der Waals surface area contributed by atoms with Crippen LogP contribution in [0.1, 0.15) is 210 Å². The van der Waals surface area contributed by atoms with E-state index in [1.165, 1.54) is 0 Å². The lowest BCUT2D eigenvalue weighted by Crippen LogP contribution is -2.59. The maximum atomic E-state index is 11.1. The number of rotatable bonds is 35. The quantitative estimate of drug-likeness (QED) is 0.0330. The van der Waals surface area contributed by atoms with Gasteiger partial charge in [0.15, 0.2) is 6.29 Å². The molecule has 0 aromatic carbocycles. The fourth-order valence-electron chi connectivity index (χ4n) is 8.84. The summed E-state index contributed by atoms with van der Waals surface area (Å²) in [6.45, 7) is 17.7. The van der Waals surface area contributed by atoms with Crippen molar-refractivity contribution in [1.29, 1.82) is 0 Å². The zero-order chi connectivity index (χ0) is 49.9. The van der Waals surface area contributed by atoms with E-state index in [-0.39, 0.29) is 6.61 Å². The summed E-state index contributed by atoms with van der Waals surface area (Å²) in [5, 5.41) is 126. The monoisotopic (exact) mass is 935 g/mol. The van der Waals surface area contributed by atoms with E-state index in [9.17, 15) is 61.3 Å². The Bertz CT molecular complexity index is 1360. The molecule has 0 spiro atoms. The third kappa shape index (κ3) is 27.6. The van der Waals surface area contributed by atoms with Crippen LogP contribution in [0.3, 0.4) is 0 Å². The van der Waals surface area contributed by atoms with Crippen molar-refractivity contribution in [1.82, 2.24) is 0 Å². The molecule has 0 aromatic heterocycles. The Labute approximate surface area is 392 Å². The smallest absolute Gasteiger partial charge is 0.187 e. The Hall–Kier alpha value is -1.08. The standard InChI is InChI=1S/C51H98O14/c1-37(18-11-19-38(2)22-35-64-44-43(56)42(55)41(54)39(36-52)65-44)20-21-40(53)51(10,63)34-17-33-50(9,62)32-16-31-49(8,61)30-15-29-48(7,60)28-14-27-47(6,59)26-13-25-46(5,58)24-12-23-45(3,4)57/h18,22,39-44,52-63H,11-17,19-21,23-36H2,1-10H3/b37-18+,38-22+/t39-,40-,41-,42+,43-,44-,46-,47-,48+,49+,50+,51+/m0/s1. The van der Waals surface area contributed by atoms with Crippen LogP contribution in [0.5, 0.6) is 0 Å². The molecule has 12 N–H and O–H groups in total. The van der Waals surface area contributed by atoms with Crippen molar-refractivity contribution in [3.05, 3.63) is 23.3 Å². The highest BCUT2D eigenvalue weighted by atomic mass is 16.7. The molecule has 1 aliphatic rings. The normalized spacial score (nSPS) is 26.3. The summed E-state index contributed by atoms with van der Waals surface area (Å²) in [5.74, 6) is 0. The Kier molecular flexibility index (Phi) is 26.6. The van der Waals surface area contributed by atoms with Crippen molar-refractivity contribution < 1.29 is 70.8 Å². The minimum atomic E-state index is -1.49. The molecule has 1 heterocycles. The molecule has 0 saturated carbocycles. The molecule has 1 fully saturated rings. The van der Waals surface area contributed by atoms with E-state index >= 15 is 0 Å². The highest BCUT2D eigenvalue weighted by molar-refractivity contribution is 5.04. The maximum Gasteiger partial charge on any atom is 0.187 e. The Morgan fingerprint density at radius 2 is 0.892 bits per heavy atom. The fourth-order valence-corrected chi connectivity index (χ4v) is 8.84. The lowest BCUT2D eigenvalue weighted by Gasteiger charge is -2.39. The summed E-state index contributed by atoms with van der Waals surface area (Å²) < 4.78 is 10.9. The van der Waals surface area contributed by atoms with Crippen molar-refractivity contribution in [2.24, 2.45) is 0 Å². The van der Waals surface area contributed by atoms with E-state index in [1.807, 2.05) is 33.8 Å². The van der Waals surface area contributed by atoms with Crippen molar-refractivity contribution in [2.75, 3.05) is 13.2 Å². The van der Waals surface area contributed by atoms with E-state index in [1.54, 1.807) is 41.5 Å². The molecular weight excluding hydrogens is 837 g/mol. The van der Waals surface area contributed by atoms with Crippen molar-refractivity contribution in [3.63, 3.8) is 0 Å². The lowest BCUT2D eigenvalue weighted by atomic mass is 9.83. The van der Waals surface area contributed by atoms with Crippen LogP contribution in [0.2, 0.25) is 0 Å². The van der Waals surface area contributed by atoms with E-state index in [4.69, 9.17) is 9.47 Å². The van der Waals surface area contributed by atoms with E-state index in [0.717, 1.165) is 30.4 Å². The number of allylic oxidation sites excluding steroid dienone is 3. The second-order valence-corrected chi connectivity index (χ2v) is 22.5. The highest BCUT2D eigenvalue weighted by Crippen LogP contribution is 2.32. The molecule has 1 aliphatic heterocycles. The van der Waals surface area contributed by atoms with Crippen LogP contribution in [0.15, 0.2) is 23.3 Å². The van der Waals surface area contributed by atoms with Gasteiger partial charge in [0.05, 0.1) is 58.5 Å². The van der Waals surface area contributed by atoms with Crippen LogP contribution >= 0.6 is 0 Å². The Morgan fingerprint density at radius 3 is 1.28 bits per heavy atom. The number of aliphatic hydroxyl groups excluding tert-OH is 5. The molecule has 0 aromatic rings. The topological polar surface area (TPSA) is 261 Å². The Balaban J connectivity index is 2.34. The van der Waals surface area contributed by atoms with Crippen LogP contribution in [-0.4, -0.2) is 151 Å². The number of aliphatic hydroxyl groups is 12. The van der Waals surface area contributed by atoms with Gasteiger partial charge >= 0.3 is 0 Å². The van der Waals surface area contributed by atoms with Crippen LogP contribution < -0.4 is 0 Å². The first-order chi connectivity index (χ1) is 29.7. The van der Waals surface area contributed by atoms with E-state index in [2.05, 4.69) is 6.08 Å². The Morgan fingerprint density at radius 1 is 0.523 bits per heavy atom. The number of hydrogen-bond acceptors (Lipinski definition) is 14. The molecule has 1 rings (SSSR count). The fraction of sp³-hybridized carbons (Fsp3) is 0.922. The molecule has 0 radical (unpaired) electrons. The van der Waals surface area contributed by atoms with Gasteiger partial charge in [0, 0.05) is 0 Å². The SMILES string of the molecule is C/C(=C\CO[C@H]1O[C@@H](CO)[C@H](O)[C@@H](O)[C@@H]1O)CC/C=C(\C)CC[C@H](O)[C@](C)(O)CCC[C@](C)(O)CCC[C@](C)(O)CCC[C@](C)(O)CCC[C@@](C)(O)CCC[C@@](C)(O)CCCC(C)(C)O. The molecule has 14 nitrogen and oxygen atoms in total. The van der Waals surface area contributed by atoms with Gasteiger partial charge in [-0.1, -0.05) is 23.3 Å². The van der Waals surface area contributed by atoms with E-state index in [0.29, 0.717) is 122 Å². The summed E-state index contributed by atoms with van der Waals surface area (Å²) in [6, 6.07) is 0. The zero-order valence-electron chi connectivity index (χ0n) is 42.3. The van der Waals surface area contributed by atoms with Crippen molar-refractivity contribution in [2.45, 2.75) is 287 Å². The van der Waals surface area contributed by atoms with Gasteiger partial charge in [0.2, 0.25) is 0 Å². The zero-order valence-corrected chi connectivity index (χ0v) is 42.3. The first kappa shape index (κ1) is 61.9. The predicted molar refractivity (Wildman–Crippen MR) is 255 cm³/mol. The summed E-state index contributed by atoms with van der Waals surface area (Å²) in [4.78, 5) is 0. The first-order valence-corrected chi connectivity index (χ1v) is 24.7. The minimum absolute atomic E-state index is 0.112. The first-order valence-electron chi connectivity index (χ1n) is 24.7. The highest BCUT2D eigenvalue weighted by Gasteiger charge is 2.44. The average molecular weight is 935 g/mol. The average Bonchev–Trinajstić information content (AvgIpc) is 3.15. The molecule has 1 saturated heterocycles. The van der Waals surface area contributed by atoms with Crippen LogP contribution in [-0.2, 0) is 9.47 Å². The van der Waals surface area contributed by atoms with E-state index < -0.39 is 82.6 Å². The second-order valence-electron chi connectivity index (χ2n) is 22.5. The van der Waals surface area contributed by atoms with Gasteiger partial charge in [-0.25, -0.2) is 0 Å². The lowest BCUT2D eigenvalue weighted by molar-refractivity contribution is -0.298. The summed E-state index contributed by atoms with van der Waals surface area (Å²) >= 11 is 0. The van der Waals surface area contributed by atoms with Gasteiger partial charge in [0.1, 0.15) is 24.4 Å². The molecule has 0 bridgehead atoms. The molecule has 0 amide bonds. The van der Waals surface area contributed by atoms with Gasteiger partial charge in [-0.05, 0) is 210 Å². The predicted octanol–water partition coefficient (Wildman–Crippen LogP) is 5.92. The molecule has 65 heavy (non-hydrogen) atoms. The van der Waals surface area contributed by atoms with Crippen LogP contribution in [0, 0.1) is 0 Å². The van der Waals surface area contributed by atoms with Gasteiger partial charge in [0.25, 0.3) is 0 Å². The largest absolute Gasteiger partial charge is 0.394 e. The molecule has 12 atom stereocenters. The third-order valence-electron chi connectivity index (χ3n) is 13.7. The summed E-state index contributed by atoms with van der Waals surface area (Å²) in [7, 11) is 0. The summed E-state index contributed by atoms with van der Waals surface area (Å²) in [5.41, 5.74) is -4.54. The molecular formula is C51H98O14. The van der Waals surface area contributed by atoms with Gasteiger partial charge in [-0.3, -0.25) is 0 Å². The second kappa shape index (κ2) is 27.9. The van der Waals surface area contributed by atoms with Crippen molar-refractivity contribution >= 4 is 0 Å². The number of hydrogen-bond donors (Lipinski definition) is 12. The molecule has 14 heteroatoms.